The summed E-state index contributed by atoms with van der Waals surface area (Å²) in [6, 6.07) is 16.5. The van der Waals surface area contributed by atoms with E-state index in [0.29, 0.717) is 5.76 Å². The van der Waals surface area contributed by atoms with E-state index in [2.05, 4.69) is 44.2 Å². The van der Waals surface area contributed by atoms with Gasteiger partial charge in [-0.05, 0) is 31.9 Å². The summed E-state index contributed by atoms with van der Waals surface area (Å²) in [6.45, 7) is 7.70. The third-order valence-electron chi connectivity index (χ3n) is 3.89. The number of hydrogen-bond donors (Lipinski definition) is 0. The molecule has 0 spiro atoms. The van der Waals surface area contributed by atoms with Gasteiger partial charge in [0.15, 0.2) is 0 Å². The van der Waals surface area contributed by atoms with Crippen LogP contribution in [0.3, 0.4) is 0 Å². The summed E-state index contributed by atoms with van der Waals surface area (Å²) in [6.07, 6.45) is 3.00. The topological polar surface area (TPSA) is 26.3 Å². The quantitative estimate of drug-likeness (QED) is 0.546. The number of benzene rings is 2. The van der Waals surface area contributed by atoms with Crippen LogP contribution in [-0.4, -0.2) is 5.97 Å². The number of carbonyl (C=O) groups excluding carboxylic acids is 1. The van der Waals surface area contributed by atoms with Crippen molar-refractivity contribution >= 4 is 11.7 Å². The highest BCUT2D eigenvalue weighted by molar-refractivity contribution is 5.76. The molecule has 0 aliphatic rings. The highest BCUT2D eigenvalue weighted by atomic mass is 16.5. The molecule has 2 aromatic rings. The molecule has 2 rings (SSSR count). The van der Waals surface area contributed by atoms with Gasteiger partial charge in [-0.25, -0.2) is 0 Å². The molecule has 23 heavy (non-hydrogen) atoms. The van der Waals surface area contributed by atoms with Gasteiger partial charge < -0.3 is 4.74 Å². The van der Waals surface area contributed by atoms with E-state index in [0.717, 1.165) is 12.0 Å². The molecular formula is C21H24O2. The first-order valence-electron chi connectivity index (χ1n) is 8.03. The fraction of sp³-hybridized carbons (Fsp3) is 0.286. The van der Waals surface area contributed by atoms with Crippen molar-refractivity contribution in [3.63, 3.8) is 0 Å². The van der Waals surface area contributed by atoms with Crippen molar-refractivity contribution < 1.29 is 9.53 Å². The van der Waals surface area contributed by atoms with Crippen LogP contribution in [0.4, 0.5) is 0 Å². The lowest BCUT2D eigenvalue weighted by molar-refractivity contribution is -0.134. The fourth-order valence-corrected chi connectivity index (χ4v) is 2.51. The number of carbonyl (C=O) groups is 1. The average Bonchev–Trinajstić information content (AvgIpc) is 2.53. The van der Waals surface area contributed by atoms with E-state index in [1.165, 1.54) is 23.6 Å². The predicted octanol–water partition coefficient (Wildman–Crippen LogP) is 5.40. The molecule has 0 aliphatic heterocycles. The molecule has 0 radical (unpaired) electrons. The monoisotopic (exact) mass is 308 g/mol. The lowest BCUT2D eigenvalue weighted by atomic mass is 9.94. The molecule has 0 unspecified atom stereocenters. The summed E-state index contributed by atoms with van der Waals surface area (Å²) in [5.41, 5.74) is 4.58. The van der Waals surface area contributed by atoms with Crippen LogP contribution in [0.15, 0.2) is 54.6 Å². The molecule has 0 aromatic heterocycles. The fourth-order valence-electron chi connectivity index (χ4n) is 2.51. The van der Waals surface area contributed by atoms with E-state index >= 15 is 0 Å². The molecule has 2 aromatic carbocycles. The number of esters is 1. The Bertz CT molecular complexity index is 679. The highest BCUT2D eigenvalue weighted by Gasteiger charge is 2.12. The third-order valence-corrected chi connectivity index (χ3v) is 3.89. The van der Waals surface area contributed by atoms with E-state index in [1.54, 1.807) is 0 Å². The van der Waals surface area contributed by atoms with Crippen molar-refractivity contribution in [3.8, 4) is 0 Å². The van der Waals surface area contributed by atoms with Gasteiger partial charge in [0, 0.05) is 18.4 Å². The van der Waals surface area contributed by atoms with Crippen LogP contribution >= 0.6 is 0 Å². The van der Waals surface area contributed by atoms with Crippen LogP contribution in [0.1, 0.15) is 48.4 Å². The van der Waals surface area contributed by atoms with Crippen LogP contribution in [-0.2, 0) is 9.53 Å². The molecule has 120 valence electrons. The molecule has 1 atom stereocenters. The Hall–Kier alpha value is -2.35. The predicted molar refractivity (Wildman–Crippen MR) is 95.1 cm³/mol. The van der Waals surface area contributed by atoms with Crippen molar-refractivity contribution in [2.75, 3.05) is 0 Å². The van der Waals surface area contributed by atoms with Gasteiger partial charge in [-0.15, -0.1) is 0 Å². The Balaban J connectivity index is 2.38. The van der Waals surface area contributed by atoms with E-state index in [9.17, 15) is 4.79 Å². The summed E-state index contributed by atoms with van der Waals surface area (Å²) < 4.78 is 5.48. The zero-order valence-corrected chi connectivity index (χ0v) is 14.3. The second kappa shape index (κ2) is 7.77. The van der Waals surface area contributed by atoms with Crippen molar-refractivity contribution in [3.05, 3.63) is 76.9 Å². The summed E-state index contributed by atoms with van der Waals surface area (Å²) in [5, 5.41) is 0. The van der Waals surface area contributed by atoms with Crippen molar-refractivity contribution in [2.24, 2.45) is 0 Å². The maximum absolute atomic E-state index is 11.5. The number of rotatable bonds is 5. The van der Waals surface area contributed by atoms with Crippen molar-refractivity contribution in [1.82, 2.24) is 0 Å². The van der Waals surface area contributed by atoms with Gasteiger partial charge in [0.2, 0.25) is 0 Å². The van der Waals surface area contributed by atoms with Crippen LogP contribution < -0.4 is 0 Å². The third kappa shape index (κ3) is 4.82. The molecule has 2 heteroatoms. The zero-order valence-electron chi connectivity index (χ0n) is 14.3. The Morgan fingerprint density at radius 1 is 1.00 bits per heavy atom. The standard InChI is InChI=1S/C21H24O2/c1-5-18(19-10-6-15(2)7-11-19)14-21(23-17(4)22)20-12-8-16(3)9-13-20/h6-14,18H,5H2,1-4H3/b21-14-/t18-/m1/s1. The lowest BCUT2D eigenvalue weighted by Gasteiger charge is -2.15. The zero-order chi connectivity index (χ0) is 16.8. The number of ether oxygens (including phenoxy) is 1. The molecule has 0 amide bonds. The minimum atomic E-state index is -0.296. The van der Waals surface area contributed by atoms with Gasteiger partial charge in [0.1, 0.15) is 5.76 Å². The number of hydrogen-bond acceptors (Lipinski definition) is 2. The Morgan fingerprint density at radius 3 is 2.00 bits per heavy atom. The molecule has 0 bridgehead atoms. The first-order valence-corrected chi connectivity index (χ1v) is 8.03. The Labute approximate surface area is 138 Å². The molecule has 0 aliphatic carbocycles. The van der Waals surface area contributed by atoms with Crippen molar-refractivity contribution in [1.29, 1.82) is 0 Å². The second-order valence-corrected chi connectivity index (χ2v) is 5.92. The first kappa shape index (κ1) is 17.0. The lowest BCUT2D eigenvalue weighted by Crippen LogP contribution is -2.02. The SMILES string of the molecule is CC[C@H](/C=C(\OC(C)=O)c1ccc(C)cc1)c1ccc(C)cc1. The molecular weight excluding hydrogens is 284 g/mol. The minimum absolute atomic E-state index is 0.214. The number of allylic oxidation sites excluding steroid dienone is 1. The molecule has 0 heterocycles. The number of aryl methyl sites for hydroxylation is 2. The molecule has 2 nitrogen and oxygen atoms in total. The molecule has 0 saturated carbocycles. The summed E-state index contributed by atoms with van der Waals surface area (Å²) in [4.78, 5) is 11.5. The Kier molecular flexibility index (Phi) is 5.75. The highest BCUT2D eigenvalue weighted by Crippen LogP contribution is 2.27. The summed E-state index contributed by atoms with van der Waals surface area (Å²) >= 11 is 0. The molecule has 0 fully saturated rings. The van der Waals surface area contributed by atoms with E-state index < -0.39 is 0 Å². The molecule has 0 saturated heterocycles. The van der Waals surface area contributed by atoms with Gasteiger partial charge in [0.05, 0.1) is 0 Å². The van der Waals surface area contributed by atoms with Crippen LogP contribution in [0.2, 0.25) is 0 Å². The van der Waals surface area contributed by atoms with Gasteiger partial charge in [-0.3, -0.25) is 4.79 Å². The van der Waals surface area contributed by atoms with E-state index in [4.69, 9.17) is 4.74 Å². The maximum atomic E-state index is 11.5. The summed E-state index contributed by atoms with van der Waals surface area (Å²) in [5.74, 6) is 0.548. The first-order chi connectivity index (χ1) is 11.0. The average molecular weight is 308 g/mol. The second-order valence-electron chi connectivity index (χ2n) is 5.92. The van der Waals surface area contributed by atoms with E-state index in [-0.39, 0.29) is 11.9 Å². The van der Waals surface area contributed by atoms with E-state index in [1.807, 2.05) is 31.2 Å². The maximum Gasteiger partial charge on any atom is 0.308 e. The largest absolute Gasteiger partial charge is 0.426 e. The van der Waals surface area contributed by atoms with Crippen LogP contribution in [0.25, 0.3) is 5.76 Å². The van der Waals surface area contributed by atoms with Gasteiger partial charge in [-0.2, -0.15) is 0 Å². The smallest absolute Gasteiger partial charge is 0.308 e. The van der Waals surface area contributed by atoms with Gasteiger partial charge in [0.25, 0.3) is 0 Å². The molecule has 0 N–H and O–H groups in total. The normalized spacial score (nSPS) is 12.8. The van der Waals surface area contributed by atoms with Gasteiger partial charge in [-0.1, -0.05) is 66.6 Å². The van der Waals surface area contributed by atoms with Gasteiger partial charge >= 0.3 is 5.97 Å². The van der Waals surface area contributed by atoms with Crippen LogP contribution in [0, 0.1) is 13.8 Å². The van der Waals surface area contributed by atoms with Crippen molar-refractivity contribution in [2.45, 2.75) is 40.0 Å². The Morgan fingerprint density at radius 2 is 1.52 bits per heavy atom. The van der Waals surface area contributed by atoms with Crippen LogP contribution in [0.5, 0.6) is 0 Å². The summed E-state index contributed by atoms with van der Waals surface area (Å²) in [7, 11) is 0. The minimum Gasteiger partial charge on any atom is -0.426 e.